The van der Waals surface area contributed by atoms with Gasteiger partial charge in [-0.2, -0.15) is 0 Å². The van der Waals surface area contributed by atoms with Crippen LogP contribution in [0.4, 0.5) is 5.69 Å². The zero-order chi connectivity index (χ0) is 14.7. The van der Waals surface area contributed by atoms with Crippen LogP contribution in [0.1, 0.15) is 16.1 Å². The van der Waals surface area contributed by atoms with Crippen molar-refractivity contribution >= 4 is 22.6 Å². The topological polar surface area (TPSA) is 65.5 Å². The average Bonchev–Trinajstić information content (AvgIpc) is 2.37. The van der Waals surface area contributed by atoms with Crippen molar-refractivity contribution in [3.63, 3.8) is 0 Å². The standard InChI is InChI=1S/C15H19N3O2/c1-10-8-14(16-6-7-18(2)3)12-9-11(15(19)20)4-5-13(12)17-10/h4-5,8-9H,6-7H2,1-3H3,(H,16,17)(H,19,20). The number of aromatic nitrogens is 1. The third-order valence-corrected chi connectivity index (χ3v) is 3.06. The summed E-state index contributed by atoms with van der Waals surface area (Å²) in [6, 6.07) is 6.95. The number of carboxylic acids is 1. The van der Waals surface area contributed by atoms with Crippen molar-refractivity contribution in [2.24, 2.45) is 0 Å². The number of rotatable bonds is 5. The van der Waals surface area contributed by atoms with Crippen LogP contribution in [0.5, 0.6) is 0 Å². The number of fused-ring (bicyclic) bond motifs is 1. The third kappa shape index (κ3) is 3.24. The molecule has 20 heavy (non-hydrogen) atoms. The van der Waals surface area contributed by atoms with E-state index in [0.29, 0.717) is 0 Å². The van der Waals surface area contributed by atoms with E-state index in [1.165, 1.54) is 0 Å². The average molecular weight is 273 g/mol. The fourth-order valence-electron chi connectivity index (χ4n) is 2.05. The number of carboxylic acid groups (broad SMARTS) is 1. The summed E-state index contributed by atoms with van der Waals surface area (Å²) in [7, 11) is 4.03. The van der Waals surface area contributed by atoms with E-state index in [2.05, 4.69) is 15.2 Å². The molecule has 0 aliphatic carbocycles. The molecule has 0 unspecified atom stereocenters. The van der Waals surface area contributed by atoms with Gasteiger partial charge in [-0.1, -0.05) is 0 Å². The van der Waals surface area contributed by atoms with Crippen LogP contribution in [0.15, 0.2) is 24.3 Å². The van der Waals surface area contributed by atoms with Crippen LogP contribution in [-0.4, -0.2) is 48.1 Å². The van der Waals surface area contributed by atoms with Gasteiger partial charge in [-0.3, -0.25) is 4.98 Å². The molecule has 2 N–H and O–H groups in total. The van der Waals surface area contributed by atoms with Crippen LogP contribution in [0, 0.1) is 6.92 Å². The van der Waals surface area contributed by atoms with E-state index in [4.69, 9.17) is 5.11 Å². The summed E-state index contributed by atoms with van der Waals surface area (Å²) >= 11 is 0. The van der Waals surface area contributed by atoms with E-state index >= 15 is 0 Å². The molecule has 1 aromatic carbocycles. The fraction of sp³-hybridized carbons (Fsp3) is 0.333. The van der Waals surface area contributed by atoms with Gasteiger partial charge in [0.1, 0.15) is 0 Å². The van der Waals surface area contributed by atoms with Crippen LogP contribution in [0.2, 0.25) is 0 Å². The Kier molecular flexibility index (Phi) is 4.20. The van der Waals surface area contributed by atoms with Crippen molar-refractivity contribution in [1.82, 2.24) is 9.88 Å². The molecule has 0 saturated heterocycles. The number of likely N-dealkylation sites (N-methyl/N-ethyl adjacent to an activating group) is 1. The first-order valence-electron chi connectivity index (χ1n) is 6.50. The van der Waals surface area contributed by atoms with Crippen LogP contribution < -0.4 is 5.32 Å². The van der Waals surface area contributed by atoms with Gasteiger partial charge in [0.15, 0.2) is 0 Å². The highest BCUT2D eigenvalue weighted by Gasteiger charge is 2.08. The molecule has 0 radical (unpaired) electrons. The van der Waals surface area contributed by atoms with Crippen molar-refractivity contribution < 1.29 is 9.90 Å². The number of benzene rings is 1. The number of hydrogen-bond acceptors (Lipinski definition) is 4. The molecule has 2 rings (SSSR count). The summed E-state index contributed by atoms with van der Waals surface area (Å²) in [5.41, 5.74) is 2.92. The highest BCUT2D eigenvalue weighted by atomic mass is 16.4. The predicted molar refractivity (Wildman–Crippen MR) is 80.5 cm³/mol. The maximum Gasteiger partial charge on any atom is 0.335 e. The molecule has 0 saturated carbocycles. The lowest BCUT2D eigenvalue weighted by Gasteiger charge is -2.14. The van der Waals surface area contributed by atoms with Crippen molar-refractivity contribution in [1.29, 1.82) is 0 Å². The molecule has 0 aliphatic rings. The SMILES string of the molecule is Cc1cc(NCCN(C)C)c2cc(C(=O)O)ccc2n1. The molecule has 1 heterocycles. The largest absolute Gasteiger partial charge is 0.478 e. The second-order valence-electron chi connectivity index (χ2n) is 5.08. The van der Waals surface area contributed by atoms with Crippen molar-refractivity contribution in [2.75, 3.05) is 32.5 Å². The smallest absolute Gasteiger partial charge is 0.335 e. The second kappa shape index (κ2) is 5.88. The Morgan fingerprint density at radius 3 is 2.75 bits per heavy atom. The molecular weight excluding hydrogens is 254 g/mol. The molecule has 0 spiro atoms. The maximum atomic E-state index is 11.1. The quantitative estimate of drug-likeness (QED) is 0.874. The lowest BCUT2D eigenvalue weighted by molar-refractivity contribution is 0.0697. The molecule has 0 atom stereocenters. The summed E-state index contributed by atoms with van der Waals surface area (Å²) < 4.78 is 0. The zero-order valence-corrected chi connectivity index (χ0v) is 12.0. The van der Waals surface area contributed by atoms with E-state index in [9.17, 15) is 4.79 Å². The predicted octanol–water partition coefficient (Wildman–Crippen LogP) is 2.21. The van der Waals surface area contributed by atoms with Crippen LogP contribution in [0.25, 0.3) is 10.9 Å². The Morgan fingerprint density at radius 1 is 1.35 bits per heavy atom. The van der Waals surface area contributed by atoms with Gasteiger partial charge < -0.3 is 15.3 Å². The highest BCUT2D eigenvalue weighted by molar-refractivity contribution is 5.98. The van der Waals surface area contributed by atoms with Gasteiger partial charge in [-0.25, -0.2) is 4.79 Å². The van der Waals surface area contributed by atoms with Gasteiger partial charge in [-0.05, 0) is 45.3 Å². The van der Waals surface area contributed by atoms with Crippen LogP contribution in [0.3, 0.4) is 0 Å². The van der Waals surface area contributed by atoms with Gasteiger partial charge in [0, 0.05) is 29.9 Å². The minimum atomic E-state index is -0.924. The van der Waals surface area contributed by atoms with E-state index in [1.807, 2.05) is 27.1 Å². The normalized spacial score (nSPS) is 11.0. The van der Waals surface area contributed by atoms with Gasteiger partial charge in [-0.15, -0.1) is 0 Å². The number of aromatic carboxylic acids is 1. The molecule has 2 aromatic rings. The molecule has 0 bridgehead atoms. The monoisotopic (exact) mass is 273 g/mol. The molecule has 5 heteroatoms. The number of pyridine rings is 1. The third-order valence-electron chi connectivity index (χ3n) is 3.06. The first kappa shape index (κ1) is 14.3. The Balaban J connectivity index is 2.39. The Morgan fingerprint density at radius 2 is 2.10 bits per heavy atom. The maximum absolute atomic E-state index is 11.1. The zero-order valence-electron chi connectivity index (χ0n) is 12.0. The van der Waals surface area contributed by atoms with Gasteiger partial charge in [0.05, 0.1) is 11.1 Å². The van der Waals surface area contributed by atoms with E-state index < -0.39 is 5.97 Å². The minimum Gasteiger partial charge on any atom is -0.478 e. The van der Waals surface area contributed by atoms with Crippen molar-refractivity contribution in [3.8, 4) is 0 Å². The number of aryl methyl sites for hydroxylation is 1. The fourth-order valence-corrected chi connectivity index (χ4v) is 2.05. The van der Waals surface area contributed by atoms with E-state index in [1.54, 1.807) is 18.2 Å². The Labute approximate surface area is 118 Å². The molecule has 0 fully saturated rings. The van der Waals surface area contributed by atoms with Gasteiger partial charge in [0.25, 0.3) is 0 Å². The van der Waals surface area contributed by atoms with Crippen molar-refractivity contribution in [3.05, 3.63) is 35.5 Å². The minimum absolute atomic E-state index is 0.277. The number of nitrogens with one attached hydrogen (secondary N) is 1. The Bertz CT molecular complexity index is 638. The summed E-state index contributed by atoms with van der Waals surface area (Å²) in [6.07, 6.45) is 0. The summed E-state index contributed by atoms with van der Waals surface area (Å²) in [4.78, 5) is 17.6. The molecule has 5 nitrogen and oxygen atoms in total. The summed E-state index contributed by atoms with van der Waals surface area (Å²) in [6.45, 7) is 3.63. The first-order valence-corrected chi connectivity index (χ1v) is 6.50. The summed E-state index contributed by atoms with van der Waals surface area (Å²) in [5, 5.41) is 13.3. The number of anilines is 1. The van der Waals surface area contributed by atoms with E-state index in [0.717, 1.165) is 35.4 Å². The van der Waals surface area contributed by atoms with Gasteiger partial charge in [0.2, 0.25) is 0 Å². The lowest BCUT2D eigenvalue weighted by Crippen LogP contribution is -2.21. The molecular formula is C15H19N3O2. The lowest BCUT2D eigenvalue weighted by atomic mass is 10.1. The molecule has 106 valence electrons. The molecule has 0 amide bonds. The first-order chi connectivity index (χ1) is 9.47. The van der Waals surface area contributed by atoms with Gasteiger partial charge >= 0.3 is 5.97 Å². The van der Waals surface area contributed by atoms with Crippen LogP contribution >= 0.6 is 0 Å². The summed E-state index contributed by atoms with van der Waals surface area (Å²) in [5.74, 6) is -0.924. The second-order valence-corrected chi connectivity index (χ2v) is 5.08. The number of nitrogens with zero attached hydrogens (tertiary/aromatic N) is 2. The number of hydrogen-bond donors (Lipinski definition) is 2. The number of carbonyl (C=O) groups is 1. The highest BCUT2D eigenvalue weighted by Crippen LogP contribution is 2.24. The molecule has 0 aliphatic heterocycles. The molecule has 1 aromatic heterocycles. The Hall–Kier alpha value is -2.14. The van der Waals surface area contributed by atoms with E-state index in [-0.39, 0.29) is 5.56 Å². The van der Waals surface area contributed by atoms with Crippen LogP contribution in [-0.2, 0) is 0 Å². The van der Waals surface area contributed by atoms with Crippen molar-refractivity contribution in [2.45, 2.75) is 6.92 Å².